The summed E-state index contributed by atoms with van der Waals surface area (Å²) in [7, 11) is 2.14. The van der Waals surface area contributed by atoms with E-state index < -0.39 is 0 Å². The lowest BCUT2D eigenvalue weighted by Gasteiger charge is -2.15. The van der Waals surface area contributed by atoms with Crippen LogP contribution in [0.5, 0.6) is 0 Å². The highest BCUT2D eigenvalue weighted by Gasteiger charge is 2.06. The molecule has 0 amide bonds. The van der Waals surface area contributed by atoms with Crippen molar-refractivity contribution in [1.82, 2.24) is 15.2 Å². The summed E-state index contributed by atoms with van der Waals surface area (Å²) in [6.45, 7) is 5.99. The molecule has 0 aliphatic rings. The van der Waals surface area contributed by atoms with Crippen LogP contribution in [0.1, 0.15) is 29.6 Å². The van der Waals surface area contributed by atoms with Gasteiger partial charge in [0.25, 0.3) is 0 Å². The van der Waals surface area contributed by atoms with E-state index in [1.54, 1.807) is 11.3 Å². The van der Waals surface area contributed by atoms with Gasteiger partial charge >= 0.3 is 0 Å². The summed E-state index contributed by atoms with van der Waals surface area (Å²) in [5.74, 6) is 0. The van der Waals surface area contributed by atoms with E-state index in [0.29, 0.717) is 0 Å². The van der Waals surface area contributed by atoms with Crippen LogP contribution in [0.3, 0.4) is 0 Å². The molecule has 0 aliphatic heterocycles. The van der Waals surface area contributed by atoms with Gasteiger partial charge in [-0.25, -0.2) is 4.98 Å². The van der Waals surface area contributed by atoms with Crippen molar-refractivity contribution in [2.75, 3.05) is 13.6 Å². The van der Waals surface area contributed by atoms with Gasteiger partial charge in [-0.1, -0.05) is 37.3 Å². The molecule has 0 radical (unpaired) electrons. The fourth-order valence-electron chi connectivity index (χ4n) is 2.10. The van der Waals surface area contributed by atoms with Gasteiger partial charge in [0.2, 0.25) is 0 Å². The molecular formula is C16H23N3S. The lowest BCUT2D eigenvalue weighted by molar-refractivity contribution is 0.315. The van der Waals surface area contributed by atoms with Gasteiger partial charge in [0.1, 0.15) is 5.01 Å². The van der Waals surface area contributed by atoms with Crippen molar-refractivity contribution in [2.24, 2.45) is 0 Å². The molecule has 108 valence electrons. The monoisotopic (exact) mass is 289 g/mol. The molecule has 20 heavy (non-hydrogen) atoms. The Kier molecular flexibility index (Phi) is 6.18. The van der Waals surface area contributed by atoms with Crippen LogP contribution in [0.2, 0.25) is 0 Å². The van der Waals surface area contributed by atoms with E-state index in [1.165, 1.54) is 16.3 Å². The fourth-order valence-corrected chi connectivity index (χ4v) is 2.86. The predicted octanol–water partition coefficient (Wildman–Crippen LogP) is 3.27. The summed E-state index contributed by atoms with van der Waals surface area (Å²) in [4.78, 5) is 6.98. The van der Waals surface area contributed by atoms with E-state index in [-0.39, 0.29) is 0 Å². The van der Waals surface area contributed by atoms with Gasteiger partial charge in [-0.15, -0.1) is 11.3 Å². The van der Waals surface area contributed by atoms with Gasteiger partial charge in [-0.05, 0) is 25.6 Å². The first-order chi connectivity index (χ1) is 9.78. The Bertz CT molecular complexity index is 495. The number of nitrogens with one attached hydrogen (secondary N) is 1. The molecule has 3 nitrogen and oxygen atoms in total. The van der Waals surface area contributed by atoms with Crippen LogP contribution in [-0.4, -0.2) is 23.5 Å². The first-order valence-electron chi connectivity index (χ1n) is 7.14. The van der Waals surface area contributed by atoms with Gasteiger partial charge in [0.05, 0.1) is 5.69 Å². The van der Waals surface area contributed by atoms with Crippen molar-refractivity contribution in [3.8, 4) is 0 Å². The van der Waals surface area contributed by atoms with E-state index in [9.17, 15) is 0 Å². The maximum atomic E-state index is 4.68. The Labute approximate surface area is 125 Å². The number of aromatic nitrogens is 1. The zero-order valence-corrected chi connectivity index (χ0v) is 13.1. The highest BCUT2D eigenvalue weighted by atomic mass is 32.1. The van der Waals surface area contributed by atoms with Crippen LogP contribution in [-0.2, 0) is 19.6 Å². The van der Waals surface area contributed by atoms with E-state index in [0.717, 1.165) is 32.6 Å². The number of hydrogen-bond acceptors (Lipinski definition) is 4. The number of hydrogen-bond donors (Lipinski definition) is 1. The molecule has 0 saturated heterocycles. The minimum Gasteiger partial charge on any atom is -0.310 e. The van der Waals surface area contributed by atoms with E-state index >= 15 is 0 Å². The Morgan fingerprint density at radius 3 is 2.75 bits per heavy atom. The molecule has 1 aromatic carbocycles. The molecule has 1 aromatic heterocycles. The van der Waals surface area contributed by atoms with Crippen molar-refractivity contribution in [2.45, 2.75) is 33.0 Å². The zero-order valence-electron chi connectivity index (χ0n) is 12.3. The summed E-state index contributed by atoms with van der Waals surface area (Å²) in [6.07, 6.45) is 1.16. The largest absolute Gasteiger partial charge is 0.310 e. The second kappa shape index (κ2) is 8.15. The summed E-state index contributed by atoms with van der Waals surface area (Å²) in [6, 6.07) is 10.6. The number of thiazole rings is 1. The van der Waals surface area contributed by atoms with Crippen LogP contribution in [0.15, 0.2) is 35.7 Å². The van der Waals surface area contributed by atoms with Gasteiger partial charge in [0, 0.05) is 25.0 Å². The normalized spacial score (nSPS) is 11.2. The molecule has 1 N–H and O–H groups in total. The van der Waals surface area contributed by atoms with E-state index in [4.69, 9.17) is 0 Å². The van der Waals surface area contributed by atoms with Crippen LogP contribution in [0.4, 0.5) is 0 Å². The smallest absolute Gasteiger partial charge is 0.107 e. The van der Waals surface area contributed by atoms with Crippen LogP contribution in [0, 0.1) is 0 Å². The molecule has 0 unspecified atom stereocenters. The standard InChI is InChI=1S/C16H23N3S/c1-3-9-17-10-16-18-15(13-20-16)12-19(2)11-14-7-5-4-6-8-14/h4-8,13,17H,3,9-12H2,1-2H3. The Hall–Kier alpha value is -1.23. The molecule has 0 aliphatic carbocycles. The topological polar surface area (TPSA) is 28.2 Å². The third-order valence-electron chi connectivity index (χ3n) is 3.03. The molecule has 0 bridgehead atoms. The SMILES string of the molecule is CCCNCc1nc(CN(C)Cc2ccccc2)cs1. The van der Waals surface area contributed by atoms with Gasteiger partial charge in [0.15, 0.2) is 0 Å². The van der Waals surface area contributed by atoms with Crippen molar-refractivity contribution in [3.63, 3.8) is 0 Å². The fraction of sp³-hybridized carbons (Fsp3) is 0.438. The molecule has 0 spiro atoms. The van der Waals surface area contributed by atoms with Crippen molar-refractivity contribution >= 4 is 11.3 Å². The van der Waals surface area contributed by atoms with Crippen molar-refractivity contribution in [1.29, 1.82) is 0 Å². The zero-order chi connectivity index (χ0) is 14.2. The van der Waals surface area contributed by atoms with Crippen LogP contribution >= 0.6 is 11.3 Å². The van der Waals surface area contributed by atoms with Crippen LogP contribution in [0.25, 0.3) is 0 Å². The Balaban J connectivity index is 1.80. The lowest BCUT2D eigenvalue weighted by atomic mass is 10.2. The summed E-state index contributed by atoms with van der Waals surface area (Å²) in [5, 5.41) is 6.75. The van der Waals surface area contributed by atoms with Gasteiger partial charge < -0.3 is 5.32 Å². The van der Waals surface area contributed by atoms with E-state index in [1.807, 2.05) is 0 Å². The summed E-state index contributed by atoms with van der Waals surface area (Å²) < 4.78 is 0. The highest BCUT2D eigenvalue weighted by Crippen LogP contribution is 2.12. The number of benzene rings is 1. The molecule has 2 rings (SSSR count). The molecule has 2 aromatic rings. The Morgan fingerprint density at radius 2 is 2.00 bits per heavy atom. The molecule has 0 fully saturated rings. The first-order valence-corrected chi connectivity index (χ1v) is 8.02. The molecule has 0 saturated carbocycles. The Morgan fingerprint density at radius 1 is 1.20 bits per heavy atom. The average molecular weight is 289 g/mol. The number of rotatable bonds is 8. The van der Waals surface area contributed by atoms with Crippen LogP contribution < -0.4 is 5.32 Å². The lowest BCUT2D eigenvalue weighted by Crippen LogP contribution is -2.17. The average Bonchev–Trinajstić information content (AvgIpc) is 2.87. The maximum Gasteiger partial charge on any atom is 0.107 e. The second-order valence-electron chi connectivity index (χ2n) is 5.07. The van der Waals surface area contributed by atoms with Gasteiger partial charge in [-0.3, -0.25) is 4.90 Å². The summed E-state index contributed by atoms with van der Waals surface area (Å²) >= 11 is 1.75. The number of nitrogens with zero attached hydrogens (tertiary/aromatic N) is 2. The second-order valence-corrected chi connectivity index (χ2v) is 6.01. The minimum absolute atomic E-state index is 0.890. The third kappa shape index (κ3) is 5.04. The third-order valence-corrected chi connectivity index (χ3v) is 3.93. The molecule has 0 atom stereocenters. The molecular weight excluding hydrogens is 266 g/mol. The van der Waals surface area contributed by atoms with Gasteiger partial charge in [-0.2, -0.15) is 0 Å². The first kappa shape index (κ1) is 15.2. The van der Waals surface area contributed by atoms with E-state index in [2.05, 4.69) is 64.9 Å². The molecule has 4 heteroatoms. The van der Waals surface area contributed by atoms with Crippen molar-refractivity contribution in [3.05, 3.63) is 52.0 Å². The van der Waals surface area contributed by atoms with Crippen molar-refractivity contribution < 1.29 is 0 Å². The minimum atomic E-state index is 0.890. The molecule has 1 heterocycles. The quantitative estimate of drug-likeness (QED) is 0.756. The maximum absolute atomic E-state index is 4.68. The summed E-state index contributed by atoms with van der Waals surface area (Å²) in [5.41, 5.74) is 2.51. The predicted molar refractivity (Wildman–Crippen MR) is 85.7 cm³/mol. The highest BCUT2D eigenvalue weighted by molar-refractivity contribution is 7.09.